The van der Waals surface area contributed by atoms with Gasteiger partial charge in [-0.25, -0.2) is 0 Å². The molecular formula is C17H26N2O. The van der Waals surface area contributed by atoms with E-state index in [0.29, 0.717) is 0 Å². The maximum atomic E-state index is 12.2. The van der Waals surface area contributed by atoms with Gasteiger partial charge < -0.3 is 10.2 Å². The van der Waals surface area contributed by atoms with E-state index in [1.165, 1.54) is 11.1 Å². The van der Waals surface area contributed by atoms with Crippen molar-refractivity contribution in [2.24, 2.45) is 5.92 Å². The van der Waals surface area contributed by atoms with Crippen LogP contribution in [-0.4, -0.2) is 37.0 Å². The lowest BCUT2D eigenvalue weighted by Crippen LogP contribution is -2.34. The number of fused-ring (bicyclic) bond motifs is 1. The summed E-state index contributed by atoms with van der Waals surface area (Å²) < 4.78 is 0. The van der Waals surface area contributed by atoms with Crippen LogP contribution in [0.1, 0.15) is 31.4 Å². The molecule has 1 aromatic carbocycles. The van der Waals surface area contributed by atoms with Crippen LogP contribution in [0.3, 0.4) is 0 Å². The van der Waals surface area contributed by atoms with Gasteiger partial charge in [-0.2, -0.15) is 0 Å². The second kappa shape index (κ2) is 7.44. The molecule has 1 N–H and O–H groups in total. The van der Waals surface area contributed by atoms with Crippen LogP contribution in [0, 0.1) is 5.92 Å². The number of hydrogen-bond donors (Lipinski definition) is 1. The van der Waals surface area contributed by atoms with Crippen LogP contribution in [-0.2, 0) is 17.6 Å². The summed E-state index contributed by atoms with van der Waals surface area (Å²) in [5.74, 6) is 0.363. The topological polar surface area (TPSA) is 32.3 Å². The van der Waals surface area contributed by atoms with Crippen molar-refractivity contribution in [3.8, 4) is 0 Å². The fourth-order valence-corrected chi connectivity index (χ4v) is 2.94. The van der Waals surface area contributed by atoms with Crippen molar-refractivity contribution in [2.75, 3.05) is 26.2 Å². The molecule has 0 heterocycles. The molecule has 0 atom stereocenters. The Morgan fingerprint density at radius 3 is 2.35 bits per heavy atom. The lowest BCUT2D eigenvalue weighted by atomic mass is 10.1. The molecule has 0 aromatic heterocycles. The summed E-state index contributed by atoms with van der Waals surface area (Å²) in [4.78, 5) is 14.6. The minimum absolute atomic E-state index is 0.140. The molecule has 0 radical (unpaired) electrons. The first-order chi connectivity index (χ1) is 9.74. The third kappa shape index (κ3) is 3.83. The van der Waals surface area contributed by atoms with Gasteiger partial charge in [-0.1, -0.05) is 38.1 Å². The van der Waals surface area contributed by atoms with Crippen LogP contribution >= 0.6 is 0 Å². The number of nitrogens with one attached hydrogen (secondary N) is 1. The van der Waals surface area contributed by atoms with Crippen LogP contribution in [0.15, 0.2) is 24.3 Å². The number of carbonyl (C=O) groups excluding carboxylic acids is 1. The molecule has 3 nitrogen and oxygen atoms in total. The first-order valence-corrected chi connectivity index (χ1v) is 7.81. The van der Waals surface area contributed by atoms with E-state index in [0.717, 1.165) is 45.4 Å². The molecule has 0 saturated heterocycles. The monoisotopic (exact) mass is 274 g/mol. The quantitative estimate of drug-likeness (QED) is 0.774. The zero-order valence-corrected chi connectivity index (χ0v) is 12.7. The minimum Gasteiger partial charge on any atom is -0.356 e. The predicted molar refractivity (Wildman–Crippen MR) is 82.8 cm³/mol. The summed E-state index contributed by atoms with van der Waals surface area (Å²) in [5, 5.41) is 3.10. The Morgan fingerprint density at radius 2 is 1.80 bits per heavy atom. The molecule has 1 aromatic rings. The van der Waals surface area contributed by atoms with Gasteiger partial charge in [0.25, 0.3) is 0 Å². The van der Waals surface area contributed by atoms with Crippen LogP contribution in [0.4, 0.5) is 0 Å². The summed E-state index contributed by atoms with van der Waals surface area (Å²) in [6, 6.07) is 8.40. The highest BCUT2D eigenvalue weighted by atomic mass is 16.1. The van der Waals surface area contributed by atoms with Crippen LogP contribution in [0.2, 0.25) is 0 Å². The Labute approximate surface area is 122 Å². The van der Waals surface area contributed by atoms with Gasteiger partial charge in [0, 0.05) is 12.5 Å². The maximum absolute atomic E-state index is 12.2. The average Bonchev–Trinajstić information content (AvgIpc) is 2.91. The second-order valence-corrected chi connectivity index (χ2v) is 5.55. The maximum Gasteiger partial charge on any atom is 0.223 e. The highest BCUT2D eigenvalue weighted by Gasteiger charge is 2.26. The van der Waals surface area contributed by atoms with Crippen LogP contribution in [0.5, 0.6) is 0 Å². The molecule has 0 saturated carbocycles. The number of carbonyl (C=O) groups is 1. The summed E-state index contributed by atoms with van der Waals surface area (Å²) >= 11 is 0. The molecule has 1 amide bonds. The normalized spacial score (nSPS) is 14.6. The summed E-state index contributed by atoms with van der Waals surface area (Å²) in [5.41, 5.74) is 2.69. The summed E-state index contributed by atoms with van der Waals surface area (Å²) in [6.45, 7) is 8.39. The molecule has 20 heavy (non-hydrogen) atoms. The van der Waals surface area contributed by atoms with Crippen molar-refractivity contribution in [3.63, 3.8) is 0 Å². The molecular weight excluding hydrogens is 248 g/mol. The van der Waals surface area contributed by atoms with Gasteiger partial charge in [0.15, 0.2) is 0 Å². The van der Waals surface area contributed by atoms with Crippen molar-refractivity contribution in [1.29, 1.82) is 0 Å². The zero-order valence-electron chi connectivity index (χ0n) is 12.7. The van der Waals surface area contributed by atoms with Gasteiger partial charge >= 0.3 is 0 Å². The van der Waals surface area contributed by atoms with Gasteiger partial charge in [-0.05, 0) is 50.0 Å². The average molecular weight is 274 g/mol. The molecule has 1 aliphatic rings. The molecule has 0 bridgehead atoms. The number of amides is 1. The van der Waals surface area contributed by atoms with Gasteiger partial charge in [0.05, 0.1) is 0 Å². The Hall–Kier alpha value is -1.35. The van der Waals surface area contributed by atoms with Crippen molar-refractivity contribution < 1.29 is 4.79 Å². The van der Waals surface area contributed by atoms with E-state index in [1.54, 1.807) is 0 Å². The molecule has 0 fully saturated rings. The highest BCUT2D eigenvalue weighted by molar-refractivity contribution is 5.80. The third-order valence-corrected chi connectivity index (χ3v) is 4.27. The molecule has 0 unspecified atom stereocenters. The zero-order chi connectivity index (χ0) is 14.4. The predicted octanol–water partition coefficient (Wildman–Crippen LogP) is 2.25. The first-order valence-electron chi connectivity index (χ1n) is 7.81. The smallest absolute Gasteiger partial charge is 0.223 e. The summed E-state index contributed by atoms with van der Waals surface area (Å²) in [6.07, 6.45) is 2.84. The fourth-order valence-electron chi connectivity index (χ4n) is 2.94. The van der Waals surface area contributed by atoms with E-state index in [-0.39, 0.29) is 11.8 Å². The fraction of sp³-hybridized carbons (Fsp3) is 0.588. The number of nitrogens with zero attached hydrogens (tertiary/aromatic N) is 1. The first kappa shape index (κ1) is 15.0. The van der Waals surface area contributed by atoms with Crippen molar-refractivity contribution in [2.45, 2.75) is 33.1 Å². The van der Waals surface area contributed by atoms with Crippen LogP contribution in [0.25, 0.3) is 0 Å². The Kier molecular flexibility index (Phi) is 5.60. The number of benzene rings is 1. The van der Waals surface area contributed by atoms with Crippen molar-refractivity contribution in [3.05, 3.63) is 35.4 Å². The highest BCUT2D eigenvalue weighted by Crippen LogP contribution is 2.26. The molecule has 1 aliphatic carbocycles. The van der Waals surface area contributed by atoms with E-state index < -0.39 is 0 Å². The standard InChI is InChI=1S/C17H26N2O/c1-3-19(4-2)11-7-10-18-17(20)16-12-14-8-5-6-9-15(14)13-16/h5-6,8-9,16H,3-4,7,10-13H2,1-2H3,(H,18,20). The Balaban J connectivity index is 1.69. The third-order valence-electron chi connectivity index (χ3n) is 4.27. The van der Waals surface area contributed by atoms with E-state index in [9.17, 15) is 4.79 Å². The van der Waals surface area contributed by atoms with E-state index in [2.05, 4.69) is 48.3 Å². The summed E-state index contributed by atoms with van der Waals surface area (Å²) in [7, 11) is 0. The van der Waals surface area contributed by atoms with Crippen molar-refractivity contribution in [1.82, 2.24) is 10.2 Å². The molecule has 0 spiro atoms. The van der Waals surface area contributed by atoms with Gasteiger partial charge in [-0.3, -0.25) is 4.79 Å². The lowest BCUT2D eigenvalue weighted by molar-refractivity contribution is -0.124. The number of hydrogen-bond acceptors (Lipinski definition) is 2. The van der Waals surface area contributed by atoms with Gasteiger partial charge in [0.2, 0.25) is 5.91 Å². The van der Waals surface area contributed by atoms with Crippen molar-refractivity contribution >= 4 is 5.91 Å². The van der Waals surface area contributed by atoms with E-state index in [1.807, 2.05) is 0 Å². The molecule has 3 heteroatoms. The van der Waals surface area contributed by atoms with Gasteiger partial charge in [0.1, 0.15) is 0 Å². The minimum atomic E-state index is 0.140. The van der Waals surface area contributed by atoms with E-state index in [4.69, 9.17) is 0 Å². The second-order valence-electron chi connectivity index (χ2n) is 5.55. The van der Waals surface area contributed by atoms with E-state index >= 15 is 0 Å². The largest absolute Gasteiger partial charge is 0.356 e. The Morgan fingerprint density at radius 1 is 1.20 bits per heavy atom. The molecule has 2 rings (SSSR count). The molecule has 0 aliphatic heterocycles. The SMILES string of the molecule is CCN(CC)CCCNC(=O)C1Cc2ccccc2C1. The van der Waals surface area contributed by atoms with Crippen LogP contribution < -0.4 is 5.32 Å². The Bertz CT molecular complexity index is 415. The molecule has 110 valence electrons. The van der Waals surface area contributed by atoms with Gasteiger partial charge in [-0.15, -0.1) is 0 Å². The number of rotatable bonds is 7. The lowest BCUT2D eigenvalue weighted by Gasteiger charge is -2.18.